The molecule has 1 N–H and O–H groups in total. The van der Waals surface area contributed by atoms with Crippen molar-refractivity contribution in [3.8, 4) is 5.75 Å². The van der Waals surface area contributed by atoms with Crippen LogP contribution in [0.4, 0.5) is 5.69 Å². The molecule has 0 aromatic heterocycles. The van der Waals surface area contributed by atoms with Gasteiger partial charge in [-0.2, -0.15) is 0 Å². The molecule has 0 saturated heterocycles. The van der Waals surface area contributed by atoms with Gasteiger partial charge in [0, 0.05) is 31.5 Å². The second-order valence-electron chi connectivity index (χ2n) is 6.11. The highest BCUT2D eigenvalue weighted by molar-refractivity contribution is 6.30. The largest absolute Gasteiger partial charge is 0.492 e. The van der Waals surface area contributed by atoms with Crippen LogP contribution >= 0.6 is 11.6 Å². The van der Waals surface area contributed by atoms with Crippen LogP contribution < -0.4 is 10.1 Å². The Hall–Kier alpha value is -2.53. The SMILES string of the molecule is CCOc1ccccc1NC(=O)CCN(CCc1cccc(Cl)c1)C(C)=O. The van der Waals surface area contributed by atoms with E-state index in [1.165, 1.54) is 6.92 Å². The molecule has 2 amide bonds. The monoisotopic (exact) mass is 388 g/mol. The Bertz CT molecular complexity index is 780. The van der Waals surface area contributed by atoms with Gasteiger partial charge in [0.2, 0.25) is 11.8 Å². The molecule has 0 aliphatic heterocycles. The van der Waals surface area contributed by atoms with Crippen LogP contribution in [0.15, 0.2) is 48.5 Å². The highest BCUT2D eigenvalue weighted by Crippen LogP contribution is 2.23. The second kappa shape index (κ2) is 10.6. The number of nitrogens with one attached hydrogen (secondary N) is 1. The number of amides is 2. The lowest BCUT2D eigenvalue weighted by molar-refractivity contribution is -0.129. The van der Waals surface area contributed by atoms with Crippen LogP contribution in [-0.4, -0.2) is 36.4 Å². The molecular weight excluding hydrogens is 364 g/mol. The van der Waals surface area contributed by atoms with Crippen molar-refractivity contribution < 1.29 is 14.3 Å². The summed E-state index contributed by atoms with van der Waals surface area (Å²) in [5.41, 5.74) is 1.70. The normalized spacial score (nSPS) is 10.3. The third kappa shape index (κ3) is 6.94. The zero-order chi connectivity index (χ0) is 19.6. The first-order valence-corrected chi connectivity index (χ1v) is 9.39. The maximum atomic E-state index is 12.3. The number of benzene rings is 2. The molecule has 6 heteroatoms. The molecule has 0 fully saturated rings. The number of halogens is 1. The first-order valence-electron chi connectivity index (χ1n) is 9.01. The predicted octanol–water partition coefficient (Wildman–Crippen LogP) is 4.16. The van der Waals surface area contributed by atoms with Crippen LogP contribution in [0.1, 0.15) is 25.8 Å². The van der Waals surface area contributed by atoms with E-state index in [2.05, 4.69) is 5.32 Å². The van der Waals surface area contributed by atoms with Gasteiger partial charge in [0.25, 0.3) is 0 Å². The average molecular weight is 389 g/mol. The number of carbonyl (C=O) groups is 2. The molecule has 2 aromatic carbocycles. The van der Waals surface area contributed by atoms with Crippen molar-refractivity contribution in [2.24, 2.45) is 0 Å². The Kier molecular flexibility index (Phi) is 8.14. The quantitative estimate of drug-likeness (QED) is 0.701. The predicted molar refractivity (Wildman–Crippen MR) is 108 cm³/mol. The summed E-state index contributed by atoms with van der Waals surface area (Å²) in [6.45, 7) is 4.83. The van der Waals surface area contributed by atoms with Gasteiger partial charge in [0.1, 0.15) is 5.75 Å². The Morgan fingerprint density at radius 3 is 2.59 bits per heavy atom. The number of para-hydroxylation sites is 2. The zero-order valence-electron chi connectivity index (χ0n) is 15.7. The highest BCUT2D eigenvalue weighted by atomic mass is 35.5. The first kappa shape index (κ1) is 20.8. The van der Waals surface area contributed by atoms with Gasteiger partial charge in [-0.05, 0) is 43.2 Å². The van der Waals surface area contributed by atoms with Crippen LogP contribution in [0, 0.1) is 0 Å². The molecule has 2 rings (SSSR count). The van der Waals surface area contributed by atoms with E-state index in [0.29, 0.717) is 42.6 Å². The summed E-state index contributed by atoms with van der Waals surface area (Å²) in [6, 6.07) is 14.9. The van der Waals surface area contributed by atoms with E-state index in [1.54, 1.807) is 11.0 Å². The van der Waals surface area contributed by atoms with E-state index in [1.807, 2.05) is 49.4 Å². The van der Waals surface area contributed by atoms with Crippen LogP contribution in [0.2, 0.25) is 5.02 Å². The lowest BCUT2D eigenvalue weighted by Gasteiger charge is -2.21. The van der Waals surface area contributed by atoms with Gasteiger partial charge >= 0.3 is 0 Å². The molecular formula is C21H25ClN2O3. The van der Waals surface area contributed by atoms with Crippen LogP contribution in [-0.2, 0) is 16.0 Å². The zero-order valence-corrected chi connectivity index (χ0v) is 16.5. The minimum absolute atomic E-state index is 0.0560. The van der Waals surface area contributed by atoms with E-state index < -0.39 is 0 Å². The summed E-state index contributed by atoms with van der Waals surface area (Å²) in [5.74, 6) is 0.424. The highest BCUT2D eigenvalue weighted by Gasteiger charge is 2.13. The molecule has 0 bridgehead atoms. The fourth-order valence-electron chi connectivity index (χ4n) is 2.68. The Morgan fingerprint density at radius 1 is 1.11 bits per heavy atom. The van der Waals surface area contributed by atoms with Gasteiger partial charge < -0.3 is 15.0 Å². The number of carbonyl (C=O) groups excluding carboxylic acids is 2. The summed E-state index contributed by atoms with van der Waals surface area (Å²) < 4.78 is 5.51. The molecule has 0 saturated carbocycles. The minimum Gasteiger partial charge on any atom is -0.492 e. The van der Waals surface area contributed by atoms with E-state index in [-0.39, 0.29) is 18.2 Å². The smallest absolute Gasteiger partial charge is 0.226 e. The number of hydrogen-bond donors (Lipinski definition) is 1. The minimum atomic E-state index is -0.156. The number of hydrogen-bond acceptors (Lipinski definition) is 3. The molecule has 144 valence electrons. The van der Waals surface area contributed by atoms with Gasteiger partial charge in [-0.25, -0.2) is 0 Å². The second-order valence-corrected chi connectivity index (χ2v) is 6.55. The lowest BCUT2D eigenvalue weighted by Crippen LogP contribution is -2.33. The van der Waals surface area contributed by atoms with Crippen molar-refractivity contribution >= 4 is 29.1 Å². The maximum Gasteiger partial charge on any atom is 0.226 e. The van der Waals surface area contributed by atoms with Crippen molar-refractivity contribution in [1.82, 2.24) is 4.90 Å². The summed E-state index contributed by atoms with van der Waals surface area (Å²) in [6.07, 6.45) is 0.907. The molecule has 27 heavy (non-hydrogen) atoms. The topological polar surface area (TPSA) is 58.6 Å². The molecule has 0 spiro atoms. The van der Waals surface area contributed by atoms with Gasteiger partial charge in [-0.1, -0.05) is 35.9 Å². The third-order valence-electron chi connectivity index (χ3n) is 4.07. The number of ether oxygens (including phenoxy) is 1. The average Bonchev–Trinajstić information content (AvgIpc) is 2.63. The molecule has 0 heterocycles. The third-order valence-corrected chi connectivity index (χ3v) is 4.31. The summed E-state index contributed by atoms with van der Waals surface area (Å²) in [5, 5.41) is 3.53. The van der Waals surface area contributed by atoms with E-state index in [0.717, 1.165) is 5.56 Å². The van der Waals surface area contributed by atoms with E-state index >= 15 is 0 Å². The number of anilines is 1. The lowest BCUT2D eigenvalue weighted by atomic mass is 10.1. The number of nitrogens with zero attached hydrogens (tertiary/aromatic N) is 1. The Morgan fingerprint density at radius 2 is 1.89 bits per heavy atom. The van der Waals surface area contributed by atoms with E-state index in [4.69, 9.17) is 16.3 Å². The summed E-state index contributed by atoms with van der Waals surface area (Å²) in [7, 11) is 0. The molecule has 0 atom stereocenters. The molecule has 0 unspecified atom stereocenters. The van der Waals surface area contributed by atoms with Gasteiger partial charge in [0.05, 0.1) is 12.3 Å². The molecule has 0 aliphatic carbocycles. The van der Waals surface area contributed by atoms with Gasteiger partial charge in [0.15, 0.2) is 0 Å². The Balaban J connectivity index is 1.88. The summed E-state index contributed by atoms with van der Waals surface area (Å²) >= 11 is 5.99. The van der Waals surface area contributed by atoms with Crippen LogP contribution in [0.5, 0.6) is 5.75 Å². The van der Waals surface area contributed by atoms with Crippen molar-refractivity contribution in [1.29, 1.82) is 0 Å². The van der Waals surface area contributed by atoms with Crippen LogP contribution in [0.25, 0.3) is 0 Å². The molecule has 0 aliphatic rings. The summed E-state index contributed by atoms with van der Waals surface area (Å²) in [4.78, 5) is 25.9. The number of rotatable bonds is 9. The Labute approximate surface area is 165 Å². The van der Waals surface area contributed by atoms with Gasteiger partial charge in [-0.3, -0.25) is 9.59 Å². The molecule has 2 aromatic rings. The fraction of sp³-hybridized carbons (Fsp3) is 0.333. The van der Waals surface area contributed by atoms with Crippen molar-refractivity contribution in [2.75, 3.05) is 25.0 Å². The van der Waals surface area contributed by atoms with Crippen molar-refractivity contribution in [3.63, 3.8) is 0 Å². The standard InChI is InChI=1S/C21H25ClN2O3/c1-3-27-20-10-5-4-9-19(20)23-21(26)12-14-24(16(2)25)13-11-17-7-6-8-18(22)15-17/h4-10,15H,3,11-14H2,1-2H3,(H,23,26). The van der Waals surface area contributed by atoms with Gasteiger partial charge in [-0.15, -0.1) is 0 Å². The first-order chi connectivity index (χ1) is 13.0. The van der Waals surface area contributed by atoms with Crippen molar-refractivity contribution in [2.45, 2.75) is 26.7 Å². The maximum absolute atomic E-state index is 12.3. The van der Waals surface area contributed by atoms with E-state index in [9.17, 15) is 9.59 Å². The molecule has 5 nitrogen and oxygen atoms in total. The van der Waals surface area contributed by atoms with Crippen molar-refractivity contribution in [3.05, 3.63) is 59.1 Å². The molecule has 0 radical (unpaired) electrons. The fourth-order valence-corrected chi connectivity index (χ4v) is 2.90. The van der Waals surface area contributed by atoms with Crippen LogP contribution in [0.3, 0.4) is 0 Å².